The first-order chi connectivity index (χ1) is 15.9. The molecule has 0 radical (unpaired) electrons. The van der Waals surface area contributed by atoms with Crippen LogP contribution in [0.5, 0.6) is 0 Å². The van der Waals surface area contributed by atoms with Crippen LogP contribution < -0.4 is 10.6 Å². The molecule has 2 aromatic rings. The summed E-state index contributed by atoms with van der Waals surface area (Å²) in [7, 11) is 0. The van der Waals surface area contributed by atoms with E-state index in [1.54, 1.807) is 6.92 Å². The van der Waals surface area contributed by atoms with Crippen LogP contribution in [-0.4, -0.2) is 36.5 Å². The molecule has 0 aliphatic carbocycles. The van der Waals surface area contributed by atoms with E-state index in [1.807, 2.05) is 74.5 Å². The Kier molecular flexibility index (Phi) is 11.1. The minimum Gasteiger partial charge on any atom is -0.464 e. The van der Waals surface area contributed by atoms with Crippen LogP contribution in [-0.2, 0) is 32.0 Å². The second-order valence-corrected chi connectivity index (χ2v) is 8.59. The van der Waals surface area contributed by atoms with Gasteiger partial charge in [0.25, 0.3) is 0 Å². The molecule has 0 bridgehead atoms. The van der Waals surface area contributed by atoms with Crippen molar-refractivity contribution in [1.82, 2.24) is 10.6 Å². The van der Waals surface area contributed by atoms with Crippen LogP contribution in [0.15, 0.2) is 60.7 Å². The van der Waals surface area contributed by atoms with Crippen molar-refractivity contribution >= 4 is 17.8 Å². The Balaban J connectivity index is 1.98. The van der Waals surface area contributed by atoms with Crippen molar-refractivity contribution in [2.75, 3.05) is 6.61 Å². The van der Waals surface area contributed by atoms with Gasteiger partial charge in [-0.3, -0.25) is 9.59 Å². The van der Waals surface area contributed by atoms with E-state index in [9.17, 15) is 14.4 Å². The molecule has 0 spiro atoms. The standard InChI is InChI=1S/C27H36N2O4/c1-4-33-27(32)24(19-22-14-9-6-10-15-22)29-26(31)23(18-20(2)3)28-25(30)17-11-16-21-12-7-5-8-13-21/h5-10,12-15,20,23-24H,4,11,16-19H2,1-3H3,(H,28,30)(H,29,31)/t23-,24-/m0/s1. The van der Waals surface area contributed by atoms with E-state index in [0.29, 0.717) is 25.7 Å². The van der Waals surface area contributed by atoms with Gasteiger partial charge in [0.05, 0.1) is 6.61 Å². The number of ether oxygens (including phenoxy) is 1. The van der Waals surface area contributed by atoms with E-state index in [1.165, 1.54) is 5.56 Å². The Labute approximate surface area is 197 Å². The lowest BCUT2D eigenvalue weighted by atomic mass is 10.0. The zero-order valence-electron chi connectivity index (χ0n) is 19.9. The fourth-order valence-corrected chi connectivity index (χ4v) is 3.63. The number of rotatable bonds is 13. The Morgan fingerprint density at radius 3 is 2.03 bits per heavy atom. The van der Waals surface area contributed by atoms with Crippen LogP contribution in [0.2, 0.25) is 0 Å². The lowest BCUT2D eigenvalue weighted by Gasteiger charge is -2.24. The smallest absolute Gasteiger partial charge is 0.328 e. The maximum atomic E-state index is 13.1. The summed E-state index contributed by atoms with van der Waals surface area (Å²) in [6, 6.07) is 17.9. The summed E-state index contributed by atoms with van der Waals surface area (Å²) in [4.78, 5) is 38.1. The average Bonchev–Trinajstić information content (AvgIpc) is 2.79. The summed E-state index contributed by atoms with van der Waals surface area (Å²) in [5.74, 6) is -0.815. The van der Waals surface area contributed by atoms with Crippen LogP contribution in [0.3, 0.4) is 0 Å². The number of nitrogens with one attached hydrogen (secondary N) is 2. The van der Waals surface area contributed by atoms with Crippen LogP contribution in [0.1, 0.15) is 51.2 Å². The van der Waals surface area contributed by atoms with Gasteiger partial charge < -0.3 is 15.4 Å². The fourth-order valence-electron chi connectivity index (χ4n) is 3.63. The fraction of sp³-hybridized carbons (Fsp3) is 0.444. The molecule has 2 aromatic carbocycles. The van der Waals surface area contributed by atoms with Gasteiger partial charge in [-0.25, -0.2) is 4.79 Å². The van der Waals surface area contributed by atoms with Gasteiger partial charge >= 0.3 is 5.97 Å². The number of amides is 2. The molecule has 2 atom stereocenters. The molecule has 6 heteroatoms. The number of benzene rings is 2. The average molecular weight is 453 g/mol. The van der Waals surface area contributed by atoms with Crippen LogP contribution in [0.25, 0.3) is 0 Å². The molecule has 178 valence electrons. The van der Waals surface area contributed by atoms with E-state index in [4.69, 9.17) is 4.74 Å². The molecule has 2 rings (SSSR count). The Hall–Kier alpha value is -3.15. The highest BCUT2D eigenvalue weighted by atomic mass is 16.5. The number of carbonyl (C=O) groups excluding carboxylic acids is 3. The van der Waals surface area contributed by atoms with Crippen molar-refractivity contribution < 1.29 is 19.1 Å². The molecule has 0 heterocycles. The maximum absolute atomic E-state index is 13.1. The zero-order chi connectivity index (χ0) is 24.1. The predicted octanol–water partition coefficient (Wildman–Crippen LogP) is 3.83. The van der Waals surface area contributed by atoms with Crippen molar-refractivity contribution in [3.05, 3.63) is 71.8 Å². The lowest BCUT2D eigenvalue weighted by Crippen LogP contribution is -2.53. The molecular weight excluding hydrogens is 416 g/mol. The summed E-state index contributed by atoms with van der Waals surface area (Å²) < 4.78 is 5.17. The van der Waals surface area contributed by atoms with Gasteiger partial charge in [0, 0.05) is 12.8 Å². The van der Waals surface area contributed by atoms with E-state index in [-0.39, 0.29) is 24.3 Å². The molecule has 2 N–H and O–H groups in total. The van der Waals surface area contributed by atoms with E-state index < -0.39 is 18.1 Å². The minimum absolute atomic E-state index is 0.164. The molecule has 0 aliphatic heterocycles. The van der Waals surface area contributed by atoms with E-state index >= 15 is 0 Å². The maximum Gasteiger partial charge on any atom is 0.328 e. The number of esters is 1. The quantitative estimate of drug-likeness (QED) is 0.453. The van der Waals surface area contributed by atoms with E-state index in [2.05, 4.69) is 10.6 Å². The highest BCUT2D eigenvalue weighted by Crippen LogP contribution is 2.10. The zero-order valence-corrected chi connectivity index (χ0v) is 19.9. The van der Waals surface area contributed by atoms with Gasteiger partial charge in [-0.05, 0) is 43.2 Å². The first kappa shape index (κ1) is 26.1. The van der Waals surface area contributed by atoms with E-state index in [0.717, 1.165) is 12.0 Å². The van der Waals surface area contributed by atoms with Gasteiger partial charge in [-0.15, -0.1) is 0 Å². The topological polar surface area (TPSA) is 84.5 Å². The molecule has 0 saturated carbocycles. The van der Waals surface area contributed by atoms with Gasteiger partial charge in [-0.1, -0.05) is 74.5 Å². The highest BCUT2D eigenvalue weighted by molar-refractivity contribution is 5.90. The number of hydrogen-bond acceptors (Lipinski definition) is 4. The second-order valence-electron chi connectivity index (χ2n) is 8.59. The van der Waals surface area contributed by atoms with Crippen LogP contribution >= 0.6 is 0 Å². The minimum atomic E-state index is -0.815. The Morgan fingerprint density at radius 2 is 1.45 bits per heavy atom. The third kappa shape index (κ3) is 9.89. The summed E-state index contributed by atoms with van der Waals surface area (Å²) in [6.07, 6.45) is 2.65. The second kappa shape index (κ2) is 14.1. The van der Waals surface area contributed by atoms with Crippen molar-refractivity contribution in [3.63, 3.8) is 0 Å². The SMILES string of the molecule is CCOC(=O)[C@H](Cc1ccccc1)NC(=O)[C@H](CC(C)C)NC(=O)CCCc1ccccc1. The Morgan fingerprint density at radius 1 is 0.848 bits per heavy atom. The first-order valence-electron chi connectivity index (χ1n) is 11.7. The molecule has 33 heavy (non-hydrogen) atoms. The van der Waals surface area contributed by atoms with Gasteiger partial charge in [0.15, 0.2) is 0 Å². The number of aryl methyl sites for hydroxylation is 1. The van der Waals surface area contributed by atoms with Crippen LogP contribution in [0.4, 0.5) is 0 Å². The molecule has 0 aromatic heterocycles. The summed E-state index contributed by atoms with van der Waals surface area (Å²) in [5, 5.41) is 5.69. The molecule has 2 amide bonds. The molecule has 0 fully saturated rings. The third-order valence-electron chi connectivity index (χ3n) is 5.24. The Bertz CT molecular complexity index is 868. The molecule has 0 saturated heterocycles. The number of hydrogen-bond donors (Lipinski definition) is 2. The van der Waals surface area contributed by atoms with Gasteiger partial charge in [0.2, 0.25) is 11.8 Å². The molecule has 6 nitrogen and oxygen atoms in total. The molecule has 0 unspecified atom stereocenters. The lowest BCUT2D eigenvalue weighted by molar-refractivity contribution is -0.147. The largest absolute Gasteiger partial charge is 0.464 e. The molecule has 0 aliphatic rings. The normalized spacial score (nSPS) is 12.6. The summed E-state index contributed by atoms with van der Waals surface area (Å²) in [6.45, 7) is 5.95. The predicted molar refractivity (Wildman–Crippen MR) is 129 cm³/mol. The van der Waals surface area contributed by atoms with Crippen molar-refractivity contribution in [1.29, 1.82) is 0 Å². The number of carbonyl (C=O) groups is 3. The van der Waals surface area contributed by atoms with Crippen molar-refractivity contribution in [2.45, 2.75) is 65.0 Å². The highest BCUT2D eigenvalue weighted by Gasteiger charge is 2.28. The summed E-state index contributed by atoms with van der Waals surface area (Å²) in [5.41, 5.74) is 2.10. The van der Waals surface area contributed by atoms with Gasteiger partial charge in [0.1, 0.15) is 12.1 Å². The third-order valence-corrected chi connectivity index (χ3v) is 5.24. The van der Waals surface area contributed by atoms with Gasteiger partial charge in [-0.2, -0.15) is 0 Å². The summed E-state index contributed by atoms with van der Waals surface area (Å²) >= 11 is 0. The monoisotopic (exact) mass is 452 g/mol. The first-order valence-corrected chi connectivity index (χ1v) is 11.7. The van der Waals surface area contributed by atoms with Crippen molar-refractivity contribution in [2.24, 2.45) is 5.92 Å². The van der Waals surface area contributed by atoms with Crippen molar-refractivity contribution in [3.8, 4) is 0 Å². The van der Waals surface area contributed by atoms with Crippen LogP contribution in [0, 0.1) is 5.92 Å². The molecular formula is C27H36N2O4.